The van der Waals surface area contributed by atoms with E-state index in [-0.39, 0.29) is 13.1 Å². The second-order valence-electron chi connectivity index (χ2n) is 4.60. The number of aliphatic carboxylic acids is 2. The third-order valence-electron chi connectivity index (χ3n) is 2.66. The minimum Gasteiger partial charge on any atom is -0.480 e. The van der Waals surface area contributed by atoms with E-state index in [0.29, 0.717) is 16.4 Å². The lowest BCUT2D eigenvalue weighted by Crippen LogP contribution is -2.12. The van der Waals surface area contributed by atoms with Crippen molar-refractivity contribution in [2.45, 2.75) is 0 Å². The molecule has 0 radical (unpaired) electrons. The number of nitrogen functional groups attached to an aromatic ring is 1. The normalized spacial score (nSPS) is 9.38. The highest BCUT2D eigenvalue weighted by atomic mass is 35.5. The molecule has 0 aliphatic rings. The van der Waals surface area contributed by atoms with E-state index in [1.165, 1.54) is 0 Å². The first-order chi connectivity index (χ1) is 11.4. The molecule has 24 heavy (non-hydrogen) atoms. The van der Waals surface area contributed by atoms with Gasteiger partial charge in [0.2, 0.25) is 0 Å². The van der Waals surface area contributed by atoms with Gasteiger partial charge in [0.25, 0.3) is 0 Å². The lowest BCUT2D eigenvalue weighted by atomic mass is 10.3. The molecule has 6 N–H and O–H groups in total. The molecule has 0 saturated heterocycles. The van der Waals surface area contributed by atoms with Gasteiger partial charge in [-0.1, -0.05) is 23.7 Å². The zero-order valence-corrected chi connectivity index (χ0v) is 13.5. The van der Waals surface area contributed by atoms with Gasteiger partial charge in [-0.15, -0.1) is 0 Å². The molecule has 0 aromatic heterocycles. The van der Waals surface area contributed by atoms with E-state index in [1.807, 2.05) is 0 Å². The molecule has 0 fully saturated rings. The number of hydrogen-bond donors (Lipinski definition) is 5. The van der Waals surface area contributed by atoms with Crippen molar-refractivity contribution in [1.82, 2.24) is 0 Å². The van der Waals surface area contributed by atoms with Gasteiger partial charge < -0.3 is 26.6 Å². The Bertz CT molecular complexity index is 677. The van der Waals surface area contributed by atoms with E-state index in [1.54, 1.807) is 48.5 Å². The molecule has 2 aromatic rings. The number of anilines is 3. The van der Waals surface area contributed by atoms with E-state index in [9.17, 15) is 9.59 Å². The van der Waals surface area contributed by atoms with Crippen LogP contribution in [-0.2, 0) is 9.59 Å². The van der Waals surface area contributed by atoms with Crippen LogP contribution in [0.25, 0.3) is 0 Å². The van der Waals surface area contributed by atoms with Gasteiger partial charge in [0, 0.05) is 11.4 Å². The minimum atomic E-state index is -0.907. The summed E-state index contributed by atoms with van der Waals surface area (Å²) in [4.78, 5) is 20.3. The first kappa shape index (κ1) is 19.1. The molecule has 2 aromatic carbocycles. The van der Waals surface area contributed by atoms with E-state index < -0.39 is 11.9 Å². The molecule has 0 aliphatic carbocycles. The molecular weight excluding hydrogens is 334 g/mol. The second-order valence-corrected chi connectivity index (χ2v) is 5.00. The number of nitrogens with one attached hydrogen (secondary N) is 2. The van der Waals surface area contributed by atoms with Crippen LogP contribution >= 0.6 is 11.6 Å². The van der Waals surface area contributed by atoms with Crippen molar-refractivity contribution >= 4 is 40.6 Å². The summed E-state index contributed by atoms with van der Waals surface area (Å²) in [5, 5.41) is 22.6. The summed E-state index contributed by atoms with van der Waals surface area (Å²) < 4.78 is 0. The number of hydrogen-bond acceptors (Lipinski definition) is 5. The van der Waals surface area contributed by atoms with Crippen LogP contribution in [0.15, 0.2) is 48.5 Å². The van der Waals surface area contributed by atoms with Gasteiger partial charge in [-0.25, -0.2) is 0 Å². The van der Waals surface area contributed by atoms with Crippen molar-refractivity contribution in [1.29, 1.82) is 0 Å². The van der Waals surface area contributed by atoms with E-state index >= 15 is 0 Å². The highest BCUT2D eigenvalue weighted by Crippen LogP contribution is 2.19. The summed E-state index contributed by atoms with van der Waals surface area (Å²) >= 11 is 5.75. The highest BCUT2D eigenvalue weighted by molar-refractivity contribution is 6.33. The maximum atomic E-state index is 10.2. The molecule has 8 heteroatoms. The van der Waals surface area contributed by atoms with Crippen molar-refractivity contribution in [3.8, 4) is 0 Å². The van der Waals surface area contributed by atoms with E-state index in [4.69, 9.17) is 27.5 Å². The van der Waals surface area contributed by atoms with Crippen LogP contribution < -0.4 is 16.4 Å². The first-order valence-corrected chi connectivity index (χ1v) is 7.27. The maximum absolute atomic E-state index is 10.2. The molecule has 7 nitrogen and oxygen atoms in total. The third kappa shape index (κ3) is 7.90. The molecule has 128 valence electrons. The van der Waals surface area contributed by atoms with Gasteiger partial charge in [0.15, 0.2) is 0 Å². The second kappa shape index (κ2) is 9.96. The quantitative estimate of drug-likeness (QED) is 0.506. The van der Waals surface area contributed by atoms with Crippen LogP contribution in [0.2, 0.25) is 5.02 Å². The summed E-state index contributed by atoms with van der Waals surface area (Å²) in [7, 11) is 0. The van der Waals surface area contributed by atoms with Crippen molar-refractivity contribution in [3.63, 3.8) is 0 Å². The summed E-state index contributed by atoms with van der Waals surface area (Å²) in [6.07, 6.45) is 0. The van der Waals surface area contributed by atoms with E-state index in [2.05, 4.69) is 10.6 Å². The zero-order chi connectivity index (χ0) is 17.9. The van der Waals surface area contributed by atoms with Crippen LogP contribution in [0.1, 0.15) is 0 Å². The molecule has 0 atom stereocenters. The lowest BCUT2D eigenvalue weighted by Gasteiger charge is -2.03. The molecule has 0 bridgehead atoms. The predicted octanol–water partition coefficient (Wildman–Crippen LogP) is 2.60. The number of carbonyl (C=O) groups is 2. The van der Waals surface area contributed by atoms with Crippen LogP contribution in [0.4, 0.5) is 17.1 Å². The Morgan fingerprint density at radius 2 is 1.46 bits per heavy atom. The number of benzene rings is 2. The monoisotopic (exact) mass is 351 g/mol. The van der Waals surface area contributed by atoms with Crippen LogP contribution in [0.3, 0.4) is 0 Å². The molecule has 0 amide bonds. The fourth-order valence-corrected chi connectivity index (χ4v) is 1.76. The van der Waals surface area contributed by atoms with Gasteiger partial charge in [-0.3, -0.25) is 9.59 Å². The molecule has 0 heterocycles. The molecule has 0 saturated carbocycles. The third-order valence-corrected chi connectivity index (χ3v) is 2.99. The fourth-order valence-electron chi connectivity index (χ4n) is 1.55. The van der Waals surface area contributed by atoms with Gasteiger partial charge in [0.1, 0.15) is 13.1 Å². The summed E-state index contributed by atoms with van der Waals surface area (Å²) in [5.41, 5.74) is 7.50. The Morgan fingerprint density at radius 3 is 2.00 bits per heavy atom. The highest BCUT2D eigenvalue weighted by Gasteiger charge is 1.99. The number of carboxylic acid groups (broad SMARTS) is 2. The van der Waals surface area contributed by atoms with Crippen molar-refractivity contribution < 1.29 is 19.8 Å². The van der Waals surface area contributed by atoms with Gasteiger partial charge >= 0.3 is 11.9 Å². The molecule has 2 rings (SSSR count). The number of para-hydroxylation sites is 1. The van der Waals surface area contributed by atoms with Crippen LogP contribution in [0.5, 0.6) is 0 Å². The van der Waals surface area contributed by atoms with Crippen LogP contribution in [0, 0.1) is 0 Å². The average Bonchev–Trinajstić information content (AvgIpc) is 2.54. The maximum Gasteiger partial charge on any atom is 0.322 e. The molecule has 0 spiro atoms. The zero-order valence-electron chi connectivity index (χ0n) is 12.7. The average molecular weight is 352 g/mol. The van der Waals surface area contributed by atoms with Gasteiger partial charge in [0.05, 0.1) is 10.7 Å². The standard InChI is InChI=1S/C8H8ClNO2.C8H10N2O2/c9-6-3-1-2-4-7(6)10-5-8(11)12;9-6-1-3-7(4-2-6)10-5-8(11)12/h1-4,10H,5H2,(H,11,12);1-4,10H,5,9H2,(H,11,12). The Hall–Kier alpha value is -2.93. The van der Waals surface area contributed by atoms with Gasteiger partial charge in [-0.2, -0.15) is 0 Å². The SMILES string of the molecule is Nc1ccc(NCC(=O)O)cc1.O=C(O)CNc1ccccc1Cl. The van der Waals surface area contributed by atoms with E-state index in [0.717, 1.165) is 5.69 Å². The largest absolute Gasteiger partial charge is 0.480 e. The predicted molar refractivity (Wildman–Crippen MR) is 94.6 cm³/mol. The smallest absolute Gasteiger partial charge is 0.322 e. The summed E-state index contributed by atoms with van der Waals surface area (Å²) in [5.74, 6) is -1.79. The van der Waals surface area contributed by atoms with Crippen LogP contribution in [-0.4, -0.2) is 35.2 Å². The lowest BCUT2D eigenvalue weighted by molar-refractivity contribution is -0.135. The molecule has 0 aliphatic heterocycles. The Balaban J connectivity index is 0.000000240. The fraction of sp³-hybridized carbons (Fsp3) is 0.125. The topological polar surface area (TPSA) is 125 Å². The summed E-state index contributed by atoms with van der Waals surface area (Å²) in [6.45, 7) is -0.201. The summed E-state index contributed by atoms with van der Waals surface area (Å²) in [6, 6.07) is 13.9. The van der Waals surface area contributed by atoms with Crippen molar-refractivity contribution in [2.75, 3.05) is 29.5 Å². The van der Waals surface area contributed by atoms with Crippen molar-refractivity contribution in [2.24, 2.45) is 0 Å². The Kier molecular flexibility index (Phi) is 7.93. The number of rotatable bonds is 6. The molecular formula is C16H18ClN3O4. The number of nitrogens with two attached hydrogens (primary N) is 1. The van der Waals surface area contributed by atoms with Gasteiger partial charge in [-0.05, 0) is 36.4 Å². The first-order valence-electron chi connectivity index (χ1n) is 6.90. The van der Waals surface area contributed by atoms with Crippen molar-refractivity contribution in [3.05, 3.63) is 53.6 Å². The number of halogens is 1. The molecule has 0 unspecified atom stereocenters. The Morgan fingerprint density at radius 1 is 0.917 bits per heavy atom. The minimum absolute atomic E-state index is 0.0794. The Labute approximate surface area is 144 Å². The number of carboxylic acids is 2.